The van der Waals surface area contributed by atoms with E-state index in [2.05, 4.69) is 5.10 Å². The monoisotopic (exact) mass is 270 g/mol. The number of hydrogen-bond acceptors (Lipinski definition) is 3. The van der Waals surface area contributed by atoms with Crippen LogP contribution in [0.1, 0.15) is 31.7 Å². The molecule has 1 aromatic rings. The van der Waals surface area contributed by atoms with Crippen molar-refractivity contribution in [3.05, 3.63) is 16.4 Å². The summed E-state index contributed by atoms with van der Waals surface area (Å²) in [5.41, 5.74) is 1.89. The van der Waals surface area contributed by atoms with Gasteiger partial charge in [-0.25, -0.2) is 0 Å². The van der Waals surface area contributed by atoms with Gasteiger partial charge in [0.25, 0.3) is 0 Å². The SMILES string of the molecule is CCc1nn(CC)c(CC2COCCC2=O)c1Cl. The lowest BCUT2D eigenvalue weighted by molar-refractivity contribution is -0.130. The van der Waals surface area contributed by atoms with Crippen molar-refractivity contribution in [2.75, 3.05) is 13.2 Å². The van der Waals surface area contributed by atoms with Crippen LogP contribution in [0.3, 0.4) is 0 Å². The zero-order valence-electron chi connectivity index (χ0n) is 10.9. The molecule has 1 atom stereocenters. The molecule has 0 N–H and O–H groups in total. The highest BCUT2D eigenvalue weighted by atomic mass is 35.5. The first-order valence-electron chi connectivity index (χ1n) is 6.51. The van der Waals surface area contributed by atoms with E-state index in [-0.39, 0.29) is 11.7 Å². The molecule has 1 aromatic heterocycles. The second-order valence-electron chi connectivity index (χ2n) is 4.57. The van der Waals surface area contributed by atoms with E-state index in [4.69, 9.17) is 16.3 Å². The zero-order valence-corrected chi connectivity index (χ0v) is 11.7. The highest BCUT2D eigenvalue weighted by Crippen LogP contribution is 2.26. The molecule has 0 amide bonds. The van der Waals surface area contributed by atoms with Gasteiger partial charge in [0.15, 0.2) is 0 Å². The molecular formula is C13H19ClN2O2. The maximum atomic E-state index is 11.8. The summed E-state index contributed by atoms with van der Waals surface area (Å²) in [5.74, 6) is 0.210. The Morgan fingerprint density at radius 3 is 2.89 bits per heavy atom. The normalized spacial score (nSPS) is 20.4. The fourth-order valence-corrected chi connectivity index (χ4v) is 2.66. The standard InChI is InChI=1S/C13H19ClN2O2/c1-3-10-13(14)11(16(4-2)15-10)7-9-8-18-6-5-12(9)17/h9H,3-8H2,1-2H3. The van der Waals surface area contributed by atoms with Crippen LogP contribution >= 0.6 is 11.6 Å². The van der Waals surface area contributed by atoms with Crippen molar-refractivity contribution in [2.24, 2.45) is 5.92 Å². The van der Waals surface area contributed by atoms with E-state index in [1.807, 2.05) is 18.5 Å². The number of carbonyl (C=O) groups is 1. The van der Waals surface area contributed by atoms with Crippen molar-refractivity contribution in [2.45, 2.75) is 39.7 Å². The van der Waals surface area contributed by atoms with E-state index < -0.39 is 0 Å². The van der Waals surface area contributed by atoms with Gasteiger partial charge in [-0.3, -0.25) is 9.48 Å². The first kappa shape index (κ1) is 13.6. The average Bonchev–Trinajstić information content (AvgIpc) is 2.69. The summed E-state index contributed by atoms with van der Waals surface area (Å²) < 4.78 is 7.28. The molecule has 0 saturated carbocycles. The summed E-state index contributed by atoms with van der Waals surface area (Å²) in [7, 11) is 0. The van der Waals surface area contributed by atoms with Crippen LogP contribution in [-0.2, 0) is 28.9 Å². The third-order valence-electron chi connectivity index (χ3n) is 3.40. The quantitative estimate of drug-likeness (QED) is 0.843. The topological polar surface area (TPSA) is 44.1 Å². The lowest BCUT2D eigenvalue weighted by Crippen LogP contribution is -2.29. The molecule has 0 aromatic carbocycles. The zero-order chi connectivity index (χ0) is 13.1. The van der Waals surface area contributed by atoms with Crippen molar-refractivity contribution in [1.29, 1.82) is 0 Å². The Kier molecular flexibility index (Phi) is 4.40. The van der Waals surface area contributed by atoms with Crippen LogP contribution in [0.2, 0.25) is 5.02 Å². The molecule has 4 nitrogen and oxygen atoms in total. The number of halogens is 1. The molecule has 1 unspecified atom stereocenters. The van der Waals surface area contributed by atoms with Gasteiger partial charge in [-0.2, -0.15) is 5.10 Å². The van der Waals surface area contributed by atoms with Gasteiger partial charge in [0.05, 0.1) is 29.6 Å². The summed E-state index contributed by atoms with van der Waals surface area (Å²) in [4.78, 5) is 11.8. The number of hydrogen-bond donors (Lipinski definition) is 0. The van der Waals surface area contributed by atoms with Gasteiger partial charge in [0.2, 0.25) is 0 Å². The molecule has 1 fully saturated rings. The van der Waals surface area contributed by atoms with E-state index in [0.717, 1.165) is 29.4 Å². The van der Waals surface area contributed by atoms with Gasteiger partial charge < -0.3 is 4.74 Å². The first-order valence-corrected chi connectivity index (χ1v) is 6.89. The Balaban J connectivity index is 2.21. The second kappa shape index (κ2) is 5.85. The second-order valence-corrected chi connectivity index (χ2v) is 4.95. The minimum Gasteiger partial charge on any atom is -0.380 e. The Bertz CT molecular complexity index is 442. The molecule has 2 rings (SSSR count). The van der Waals surface area contributed by atoms with Crippen LogP contribution in [0, 0.1) is 5.92 Å². The van der Waals surface area contributed by atoms with E-state index in [0.29, 0.717) is 26.1 Å². The van der Waals surface area contributed by atoms with Gasteiger partial charge in [-0.05, 0) is 13.3 Å². The number of carbonyl (C=O) groups excluding carboxylic acids is 1. The average molecular weight is 271 g/mol. The fourth-order valence-electron chi connectivity index (χ4n) is 2.31. The molecule has 1 saturated heterocycles. The summed E-state index contributed by atoms with van der Waals surface area (Å²) in [6.45, 7) is 5.90. The minimum atomic E-state index is -0.0667. The number of aryl methyl sites for hydroxylation is 2. The van der Waals surface area contributed by atoms with E-state index >= 15 is 0 Å². The molecular weight excluding hydrogens is 252 g/mol. The van der Waals surface area contributed by atoms with E-state index in [1.165, 1.54) is 0 Å². The van der Waals surface area contributed by atoms with Gasteiger partial charge >= 0.3 is 0 Å². The van der Waals surface area contributed by atoms with Gasteiger partial charge in [-0.15, -0.1) is 0 Å². The molecule has 0 aliphatic carbocycles. The number of nitrogens with zero attached hydrogens (tertiary/aromatic N) is 2. The molecule has 1 aliphatic rings. The predicted octanol–water partition coefficient (Wildman–Crippen LogP) is 2.27. The van der Waals surface area contributed by atoms with Crippen molar-refractivity contribution >= 4 is 17.4 Å². The lowest BCUT2D eigenvalue weighted by Gasteiger charge is -2.21. The number of rotatable bonds is 4. The smallest absolute Gasteiger partial charge is 0.140 e. The number of ketones is 1. The highest BCUT2D eigenvalue weighted by molar-refractivity contribution is 6.31. The van der Waals surface area contributed by atoms with Crippen molar-refractivity contribution in [1.82, 2.24) is 9.78 Å². The van der Waals surface area contributed by atoms with Crippen molar-refractivity contribution in [3.63, 3.8) is 0 Å². The lowest BCUT2D eigenvalue weighted by atomic mass is 9.95. The minimum absolute atomic E-state index is 0.0667. The molecule has 100 valence electrons. The summed E-state index contributed by atoms with van der Waals surface area (Å²) in [6.07, 6.45) is 1.97. The Labute approximate surface area is 112 Å². The maximum absolute atomic E-state index is 11.8. The molecule has 1 aliphatic heterocycles. The fraction of sp³-hybridized carbons (Fsp3) is 0.692. The number of ether oxygens (including phenoxy) is 1. The van der Waals surface area contributed by atoms with Crippen molar-refractivity contribution in [3.8, 4) is 0 Å². The van der Waals surface area contributed by atoms with Gasteiger partial charge in [0, 0.05) is 25.3 Å². The molecule has 5 heteroatoms. The van der Waals surface area contributed by atoms with Crippen LogP contribution < -0.4 is 0 Å². The Morgan fingerprint density at radius 1 is 1.50 bits per heavy atom. The van der Waals surface area contributed by atoms with Crippen molar-refractivity contribution < 1.29 is 9.53 Å². The Hall–Kier alpha value is -0.870. The third kappa shape index (κ3) is 2.59. The number of aromatic nitrogens is 2. The van der Waals surface area contributed by atoms with Crippen LogP contribution in [0.4, 0.5) is 0 Å². The maximum Gasteiger partial charge on any atom is 0.140 e. The largest absolute Gasteiger partial charge is 0.380 e. The number of Topliss-reactive ketones (excluding diaryl/α,β-unsaturated/α-hetero) is 1. The van der Waals surface area contributed by atoms with Crippen LogP contribution in [0.15, 0.2) is 0 Å². The Morgan fingerprint density at radius 2 is 2.28 bits per heavy atom. The summed E-state index contributed by atoms with van der Waals surface area (Å²) in [6, 6.07) is 0. The molecule has 18 heavy (non-hydrogen) atoms. The van der Waals surface area contributed by atoms with Gasteiger partial charge in [-0.1, -0.05) is 18.5 Å². The summed E-state index contributed by atoms with van der Waals surface area (Å²) in [5, 5.41) is 5.19. The first-order chi connectivity index (χ1) is 8.67. The summed E-state index contributed by atoms with van der Waals surface area (Å²) >= 11 is 6.34. The van der Waals surface area contributed by atoms with Crippen LogP contribution in [-0.4, -0.2) is 28.8 Å². The third-order valence-corrected chi connectivity index (χ3v) is 3.84. The van der Waals surface area contributed by atoms with E-state index in [1.54, 1.807) is 0 Å². The van der Waals surface area contributed by atoms with Gasteiger partial charge in [0.1, 0.15) is 5.78 Å². The highest BCUT2D eigenvalue weighted by Gasteiger charge is 2.26. The predicted molar refractivity (Wildman–Crippen MR) is 69.9 cm³/mol. The van der Waals surface area contributed by atoms with Crippen LogP contribution in [0.5, 0.6) is 0 Å². The molecule has 0 bridgehead atoms. The molecule has 0 spiro atoms. The molecule has 0 radical (unpaired) electrons. The van der Waals surface area contributed by atoms with Crippen LogP contribution in [0.25, 0.3) is 0 Å². The molecule has 2 heterocycles. The van der Waals surface area contributed by atoms with E-state index in [9.17, 15) is 4.79 Å².